The summed E-state index contributed by atoms with van der Waals surface area (Å²) >= 11 is 12.6. The van der Waals surface area contributed by atoms with Crippen molar-refractivity contribution in [3.63, 3.8) is 0 Å². The number of aromatic amines is 1. The summed E-state index contributed by atoms with van der Waals surface area (Å²) in [6.45, 7) is 1.93. The third-order valence-electron chi connectivity index (χ3n) is 5.41. The van der Waals surface area contributed by atoms with Crippen molar-refractivity contribution in [3.05, 3.63) is 87.4 Å². The molecule has 0 saturated heterocycles. The molecule has 158 valence electrons. The Bertz CT molecular complexity index is 1280. The minimum atomic E-state index is -0.501. The number of H-pyrrole nitrogens is 1. The van der Waals surface area contributed by atoms with E-state index in [1.165, 1.54) is 12.1 Å². The number of nitrogens with one attached hydrogen (secondary N) is 1. The van der Waals surface area contributed by atoms with E-state index in [4.69, 9.17) is 23.2 Å². The van der Waals surface area contributed by atoms with Crippen LogP contribution in [0.5, 0.6) is 0 Å². The molecule has 1 amide bonds. The van der Waals surface area contributed by atoms with Gasteiger partial charge in [0, 0.05) is 53.9 Å². The normalized spacial score (nSPS) is 12.2. The molecule has 0 fully saturated rings. The van der Waals surface area contributed by atoms with Gasteiger partial charge in [-0.2, -0.15) is 0 Å². The first-order valence-corrected chi connectivity index (χ1v) is 10.5. The first kappa shape index (κ1) is 21.3. The van der Waals surface area contributed by atoms with Crippen molar-refractivity contribution in [1.82, 2.24) is 14.9 Å². The Morgan fingerprint density at radius 1 is 1.10 bits per heavy atom. The van der Waals surface area contributed by atoms with Crippen molar-refractivity contribution >= 4 is 40.1 Å². The monoisotopic (exact) mass is 455 g/mol. The zero-order valence-electron chi connectivity index (χ0n) is 17.2. The van der Waals surface area contributed by atoms with Gasteiger partial charge in [0.1, 0.15) is 11.5 Å². The van der Waals surface area contributed by atoms with Gasteiger partial charge in [0.25, 0.3) is 5.91 Å². The molecule has 0 bridgehead atoms. The molecule has 7 heteroatoms. The van der Waals surface area contributed by atoms with Gasteiger partial charge in [0.15, 0.2) is 0 Å². The molecule has 0 saturated carbocycles. The van der Waals surface area contributed by atoms with Crippen LogP contribution in [0.4, 0.5) is 4.39 Å². The Labute approximate surface area is 189 Å². The molecule has 4 rings (SSSR count). The van der Waals surface area contributed by atoms with Gasteiger partial charge < -0.3 is 9.88 Å². The van der Waals surface area contributed by atoms with Crippen LogP contribution in [-0.2, 0) is 0 Å². The van der Waals surface area contributed by atoms with E-state index < -0.39 is 5.82 Å². The number of hydrogen-bond donors (Lipinski definition) is 1. The highest BCUT2D eigenvalue weighted by molar-refractivity contribution is 6.36. The van der Waals surface area contributed by atoms with Crippen LogP contribution in [-0.4, -0.2) is 34.9 Å². The average Bonchev–Trinajstić information content (AvgIpc) is 3.19. The minimum absolute atomic E-state index is 0.0274. The van der Waals surface area contributed by atoms with Crippen molar-refractivity contribution in [2.45, 2.75) is 12.8 Å². The zero-order valence-corrected chi connectivity index (χ0v) is 18.7. The lowest BCUT2D eigenvalue weighted by Gasteiger charge is -2.16. The highest BCUT2D eigenvalue weighted by atomic mass is 35.5. The molecular formula is C24H20Cl2FN3O. The van der Waals surface area contributed by atoms with Crippen LogP contribution in [0.2, 0.25) is 10.0 Å². The van der Waals surface area contributed by atoms with Crippen molar-refractivity contribution in [1.29, 1.82) is 0 Å². The molecule has 0 aliphatic rings. The van der Waals surface area contributed by atoms with E-state index >= 15 is 0 Å². The summed E-state index contributed by atoms with van der Waals surface area (Å²) in [5.41, 5.74) is 4.63. The summed E-state index contributed by atoms with van der Waals surface area (Å²) in [6, 6.07) is 12.2. The van der Waals surface area contributed by atoms with Gasteiger partial charge in [0.05, 0.1) is 5.02 Å². The average molecular weight is 456 g/mol. The first-order valence-electron chi connectivity index (χ1n) is 9.70. The Hall–Kier alpha value is -2.89. The summed E-state index contributed by atoms with van der Waals surface area (Å²) in [5.74, 6) is -0.800. The minimum Gasteiger partial charge on any atom is -0.346 e. The second-order valence-electron chi connectivity index (χ2n) is 7.62. The van der Waals surface area contributed by atoms with Crippen molar-refractivity contribution in [2.75, 3.05) is 14.1 Å². The molecule has 1 N–H and O–H groups in total. The highest BCUT2D eigenvalue weighted by Crippen LogP contribution is 2.39. The van der Waals surface area contributed by atoms with Gasteiger partial charge in [-0.15, -0.1) is 0 Å². The van der Waals surface area contributed by atoms with Gasteiger partial charge in [-0.1, -0.05) is 42.3 Å². The quantitative estimate of drug-likeness (QED) is 0.355. The van der Waals surface area contributed by atoms with E-state index in [1.54, 1.807) is 37.3 Å². The largest absolute Gasteiger partial charge is 0.346 e. The molecule has 1 atom stereocenters. The molecule has 31 heavy (non-hydrogen) atoms. The lowest BCUT2D eigenvalue weighted by Crippen LogP contribution is -2.21. The smallest absolute Gasteiger partial charge is 0.253 e. The molecule has 2 aromatic heterocycles. The second-order valence-corrected chi connectivity index (χ2v) is 8.40. The third kappa shape index (κ3) is 3.91. The van der Waals surface area contributed by atoms with Crippen LogP contribution in [0.15, 0.2) is 54.9 Å². The third-order valence-corrected chi connectivity index (χ3v) is 6.13. The van der Waals surface area contributed by atoms with Crippen molar-refractivity contribution in [2.24, 2.45) is 0 Å². The van der Waals surface area contributed by atoms with Crippen LogP contribution in [0.1, 0.15) is 34.3 Å². The molecule has 2 heterocycles. The SMILES string of the molecule is CC(c1c(Cl)ccc(F)c1Cl)c1c[nH]c2ncc(-c3ccc(C(=O)N(C)C)cc3)cc12. The van der Waals surface area contributed by atoms with Crippen molar-refractivity contribution < 1.29 is 9.18 Å². The van der Waals surface area contributed by atoms with E-state index in [-0.39, 0.29) is 16.8 Å². The number of pyridine rings is 1. The van der Waals surface area contributed by atoms with Gasteiger partial charge in [-0.05, 0) is 47.0 Å². The number of aromatic nitrogens is 2. The van der Waals surface area contributed by atoms with Gasteiger partial charge in [0.2, 0.25) is 0 Å². The fourth-order valence-electron chi connectivity index (χ4n) is 3.70. The zero-order chi connectivity index (χ0) is 22.3. The molecule has 0 radical (unpaired) electrons. The summed E-state index contributed by atoms with van der Waals surface area (Å²) in [6.07, 6.45) is 3.63. The van der Waals surface area contributed by atoms with E-state index in [9.17, 15) is 9.18 Å². The lowest BCUT2D eigenvalue weighted by molar-refractivity contribution is 0.0827. The van der Waals surface area contributed by atoms with E-state index in [1.807, 2.05) is 31.3 Å². The fourth-order valence-corrected chi connectivity index (χ4v) is 4.40. The number of carbonyl (C=O) groups is 1. The number of halogens is 3. The van der Waals surface area contributed by atoms with Gasteiger partial charge in [-0.25, -0.2) is 9.37 Å². The van der Waals surface area contributed by atoms with Crippen LogP contribution in [0, 0.1) is 5.82 Å². The van der Waals surface area contributed by atoms with Gasteiger partial charge >= 0.3 is 0 Å². The molecule has 2 aromatic carbocycles. The topological polar surface area (TPSA) is 49.0 Å². The number of benzene rings is 2. The molecule has 0 aliphatic heterocycles. The Balaban J connectivity index is 1.75. The first-order chi connectivity index (χ1) is 14.8. The number of amides is 1. The Kier molecular flexibility index (Phi) is 5.73. The van der Waals surface area contributed by atoms with Crippen LogP contribution in [0.3, 0.4) is 0 Å². The summed E-state index contributed by atoms with van der Waals surface area (Å²) in [5, 5.41) is 1.34. The maximum Gasteiger partial charge on any atom is 0.253 e. The van der Waals surface area contributed by atoms with Crippen LogP contribution >= 0.6 is 23.2 Å². The van der Waals surface area contributed by atoms with E-state index in [2.05, 4.69) is 9.97 Å². The number of carbonyl (C=O) groups excluding carboxylic acids is 1. The summed E-state index contributed by atoms with van der Waals surface area (Å²) in [7, 11) is 3.44. The van der Waals surface area contributed by atoms with Crippen LogP contribution < -0.4 is 0 Å². The molecule has 1 unspecified atom stereocenters. The number of fused-ring (bicyclic) bond motifs is 1. The predicted octanol–water partition coefficient (Wildman–Crippen LogP) is 6.53. The molecular weight excluding hydrogens is 436 g/mol. The highest BCUT2D eigenvalue weighted by Gasteiger charge is 2.21. The number of nitrogens with zero attached hydrogens (tertiary/aromatic N) is 2. The van der Waals surface area contributed by atoms with E-state index in [0.29, 0.717) is 21.8 Å². The standard InChI is InChI=1S/C24H20Cl2FN3O/c1-13(21-19(25)8-9-20(27)22(21)26)18-12-29-23-17(18)10-16(11-28-23)14-4-6-15(7-5-14)24(31)30(2)3/h4-13H,1-3H3,(H,28,29). The fraction of sp³-hybridized carbons (Fsp3) is 0.167. The Morgan fingerprint density at radius 3 is 2.48 bits per heavy atom. The molecule has 0 spiro atoms. The summed E-state index contributed by atoms with van der Waals surface area (Å²) < 4.78 is 14.1. The molecule has 4 aromatic rings. The Morgan fingerprint density at radius 2 is 1.81 bits per heavy atom. The maximum atomic E-state index is 14.1. The number of rotatable bonds is 4. The van der Waals surface area contributed by atoms with Crippen molar-refractivity contribution in [3.8, 4) is 11.1 Å². The van der Waals surface area contributed by atoms with Crippen LogP contribution in [0.25, 0.3) is 22.2 Å². The molecule has 4 nitrogen and oxygen atoms in total. The second kappa shape index (κ2) is 8.33. The van der Waals surface area contributed by atoms with Gasteiger partial charge in [-0.3, -0.25) is 4.79 Å². The number of hydrogen-bond acceptors (Lipinski definition) is 2. The molecule has 0 aliphatic carbocycles. The van der Waals surface area contributed by atoms with E-state index in [0.717, 1.165) is 22.1 Å². The lowest BCUT2D eigenvalue weighted by atomic mass is 9.92. The predicted molar refractivity (Wildman–Crippen MR) is 123 cm³/mol. The maximum absolute atomic E-state index is 14.1. The summed E-state index contributed by atoms with van der Waals surface area (Å²) in [4.78, 5) is 21.4.